The van der Waals surface area contributed by atoms with Gasteiger partial charge in [-0.1, -0.05) is 61.5 Å². The van der Waals surface area contributed by atoms with Gasteiger partial charge in [0.1, 0.15) is 5.75 Å². The van der Waals surface area contributed by atoms with Gasteiger partial charge in [-0.05, 0) is 37.1 Å². The van der Waals surface area contributed by atoms with Crippen LogP contribution in [-0.4, -0.2) is 39.4 Å². The van der Waals surface area contributed by atoms with Crippen molar-refractivity contribution in [3.63, 3.8) is 0 Å². The zero-order valence-corrected chi connectivity index (χ0v) is 21.1. The average molecular weight is 502 g/mol. The third kappa shape index (κ3) is 6.09. The van der Waals surface area contributed by atoms with Crippen molar-refractivity contribution in [3.05, 3.63) is 64.9 Å². The third-order valence-corrected chi connectivity index (χ3v) is 6.42. The Hall–Kier alpha value is -3.04. The van der Waals surface area contributed by atoms with Crippen molar-refractivity contribution in [2.45, 2.75) is 38.5 Å². The van der Waals surface area contributed by atoms with Crippen molar-refractivity contribution in [1.82, 2.24) is 20.1 Å². The van der Waals surface area contributed by atoms with Crippen LogP contribution in [0.15, 0.2) is 53.7 Å². The first-order chi connectivity index (χ1) is 16.3. The number of methoxy groups -OCH3 is 1. The van der Waals surface area contributed by atoms with E-state index in [4.69, 9.17) is 16.3 Å². The molecule has 2 N–H and O–H groups in total. The van der Waals surface area contributed by atoms with E-state index in [2.05, 4.69) is 20.8 Å². The van der Waals surface area contributed by atoms with Crippen molar-refractivity contribution >= 4 is 40.9 Å². The molecule has 3 rings (SSSR count). The molecule has 0 spiro atoms. The Morgan fingerprint density at radius 3 is 2.50 bits per heavy atom. The fourth-order valence-corrected chi connectivity index (χ4v) is 4.42. The zero-order chi connectivity index (χ0) is 24.7. The highest BCUT2D eigenvalue weighted by atomic mass is 35.5. The highest BCUT2D eigenvalue weighted by molar-refractivity contribution is 7.99. The fraction of sp³-hybridized carbons (Fsp3) is 0.333. The lowest BCUT2D eigenvalue weighted by Gasteiger charge is -2.22. The van der Waals surface area contributed by atoms with Crippen molar-refractivity contribution < 1.29 is 14.3 Å². The molecule has 0 radical (unpaired) electrons. The summed E-state index contributed by atoms with van der Waals surface area (Å²) < 4.78 is 7.19. The van der Waals surface area contributed by atoms with Crippen LogP contribution in [0.1, 0.15) is 43.0 Å². The molecule has 0 bridgehead atoms. The van der Waals surface area contributed by atoms with Gasteiger partial charge in [-0.3, -0.25) is 9.59 Å². The third-order valence-electron chi connectivity index (χ3n) is 5.13. The summed E-state index contributed by atoms with van der Waals surface area (Å²) in [7, 11) is 1.56. The predicted octanol–water partition coefficient (Wildman–Crippen LogP) is 4.82. The number of nitrogens with one attached hydrogen (secondary N) is 2. The summed E-state index contributed by atoms with van der Waals surface area (Å²) >= 11 is 7.48. The van der Waals surface area contributed by atoms with E-state index >= 15 is 0 Å². The van der Waals surface area contributed by atoms with Gasteiger partial charge in [-0.2, -0.15) is 0 Å². The summed E-state index contributed by atoms with van der Waals surface area (Å²) in [5, 5.41) is 15.5. The van der Waals surface area contributed by atoms with Gasteiger partial charge in [0, 0.05) is 6.54 Å². The van der Waals surface area contributed by atoms with Crippen LogP contribution in [0.4, 0.5) is 5.69 Å². The second-order valence-electron chi connectivity index (χ2n) is 7.80. The number of thioether (sulfide) groups is 1. The smallest absolute Gasteiger partial charge is 0.253 e. The fourth-order valence-electron chi connectivity index (χ4n) is 3.39. The Labute approximate surface area is 208 Å². The summed E-state index contributed by atoms with van der Waals surface area (Å²) in [5.74, 6) is 0.954. The number of anilines is 1. The molecule has 0 aliphatic carbocycles. The number of para-hydroxylation sites is 2. The summed E-state index contributed by atoms with van der Waals surface area (Å²) in [6, 6.07) is 13.8. The molecule has 180 valence electrons. The van der Waals surface area contributed by atoms with Crippen molar-refractivity contribution in [1.29, 1.82) is 0 Å². The molecule has 0 fully saturated rings. The molecule has 0 unspecified atom stereocenters. The van der Waals surface area contributed by atoms with Crippen LogP contribution >= 0.6 is 23.4 Å². The quantitative estimate of drug-likeness (QED) is 0.386. The van der Waals surface area contributed by atoms with Gasteiger partial charge in [0.15, 0.2) is 11.0 Å². The Morgan fingerprint density at radius 1 is 1.12 bits per heavy atom. The summed E-state index contributed by atoms with van der Waals surface area (Å²) in [6.07, 6.45) is 0. The van der Waals surface area contributed by atoms with E-state index < -0.39 is 0 Å². The van der Waals surface area contributed by atoms with Gasteiger partial charge in [0.05, 0.1) is 35.2 Å². The molecule has 1 heterocycles. The molecule has 10 heteroatoms. The lowest BCUT2D eigenvalue weighted by atomic mass is 10.0. The molecule has 1 aromatic heterocycles. The van der Waals surface area contributed by atoms with Crippen LogP contribution in [-0.2, 0) is 11.3 Å². The van der Waals surface area contributed by atoms with Crippen LogP contribution in [0.3, 0.4) is 0 Å². The molecule has 2 amide bonds. The standard InChI is InChI=1S/C24H28ClN5O3S/c1-5-30-22(21(15(2)3)27-23(32)16-10-6-7-11-17(16)25)28-29-24(30)34-14-20(31)26-18-12-8-9-13-19(18)33-4/h6-13,15,21H,5,14H2,1-4H3,(H,26,31)(H,27,32)/t21-/m1/s1. The maximum atomic E-state index is 12.9. The number of hydrogen-bond donors (Lipinski definition) is 2. The first-order valence-corrected chi connectivity index (χ1v) is 12.3. The number of carbonyl (C=O) groups excluding carboxylic acids is 2. The van der Waals surface area contributed by atoms with Crippen molar-refractivity contribution in [3.8, 4) is 5.75 Å². The molecule has 0 aliphatic heterocycles. The second kappa shape index (κ2) is 11.9. The lowest BCUT2D eigenvalue weighted by molar-refractivity contribution is -0.113. The molecular weight excluding hydrogens is 474 g/mol. The number of amides is 2. The topological polar surface area (TPSA) is 98.1 Å². The van der Waals surface area contributed by atoms with Crippen molar-refractivity contribution in [2.24, 2.45) is 5.92 Å². The number of rotatable bonds is 10. The molecule has 3 aromatic rings. The minimum Gasteiger partial charge on any atom is -0.495 e. The monoisotopic (exact) mass is 501 g/mol. The van der Waals surface area contributed by atoms with Crippen LogP contribution in [0.25, 0.3) is 0 Å². The van der Waals surface area contributed by atoms with E-state index in [0.717, 1.165) is 0 Å². The van der Waals surface area contributed by atoms with Gasteiger partial charge >= 0.3 is 0 Å². The molecule has 0 aliphatic rings. The Bertz CT molecular complexity index is 1150. The lowest BCUT2D eigenvalue weighted by Crippen LogP contribution is -2.34. The molecule has 8 nitrogen and oxygen atoms in total. The van der Waals surface area contributed by atoms with E-state index in [0.29, 0.717) is 39.5 Å². The normalized spacial score (nSPS) is 11.8. The summed E-state index contributed by atoms with van der Waals surface area (Å²) in [6.45, 7) is 6.56. The summed E-state index contributed by atoms with van der Waals surface area (Å²) in [4.78, 5) is 25.4. The molecule has 0 saturated heterocycles. The largest absolute Gasteiger partial charge is 0.495 e. The SMILES string of the molecule is CCn1c(SCC(=O)Nc2ccccc2OC)nnc1[C@H](NC(=O)c1ccccc1Cl)C(C)C. The van der Waals surface area contributed by atoms with Gasteiger partial charge in [-0.25, -0.2) is 0 Å². The van der Waals surface area contributed by atoms with E-state index in [1.807, 2.05) is 37.5 Å². The number of benzene rings is 2. The highest BCUT2D eigenvalue weighted by Gasteiger charge is 2.26. The number of carbonyl (C=O) groups is 2. The van der Waals surface area contributed by atoms with Crippen LogP contribution < -0.4 is 15.4 Å². The number of hydrogen-bond acceptors (Lipinski definition) is 6. The molecule has 2 aromatic carbocycles. The summed E-state index contributed by atoms with van der Waals surface area (Å²) in [5.41, 5.74) is 1.01. The van der Waals surface area contributed by atoms with Crippen LogP contribution in [0, 0.1) is 5.92 Å². The first-order valence-electron chi connectivity index (χ1n) is 10.9. The van der Waals surface area contributed by atoms with Gasteiger partial charge < -0.3 is 19.9 Å². The molecule has 0 saturated carbocycles. The van der Waals surface area contributed by atoms with E-state index in [9.17, 15) is 9.59 Å². The van der Waals surface area contributed by atoms with Gasteiger partial charge in [0.25, 0.3) is 5.91 Å². The number of halogens is 1. The van der Waals surface area contributed by atoms with Crippen LogP contribution in [0.5, 0.6) is 5.75 Å². The Morgan fingerprint density at radius 2 is 1.82 bits per heavy atom. The maximum Gasteiger partial charge on any atom is 0.253 e. The molecule has 1 atom stereocenters. The molecular formula is C24H28ClN5O3S. The number of ether oxygens (including phenoxy) is 1. The van der Waals surface area contributed by atoms with E-state index in [1.54, 1.807) is 43.5 Å². The highest BCUT2D eigenvalue weighted by Crippen LogP contribution is 2.27. The Kier molecular flexibility index (Phi) is 8.95. The second-order valence-corrected chi connectivity index (χ2v) is 9.15. The zero-order valence-electron chi connectivity index (χ0n) is 19.5. The van der Waals surface area contributed by atoms with E-state index in [-0.39, 0.29) is 29.5 Å². The Balaban J connectivity index is 1.73. The maximum absolute atomic E-state index is 12.9. The number of nitrogens with zero attached hydrogens (tertiary/aromatic N) is 3. The van der Waals surface area contributed by atoms with Crippen LogP contribution in [0.2, 0.25) is 5.02 Å². The van der Waals surface area contributed by atoms with Gasteiger partial charge in [-0.15, -0.1) is 10.2 Å². The van der Waals surface area contributed by atoms with E-state index in [1.165, 1.54) is 11.8 Å². The minimum absolute atomic E-state index is 0.0487. The predicted molar refractivity (Wildman–Crippen MR) is 135 cm³/mol. The van der Waals surface area contributed by atoms with Gasteiger partial charge in [0.2, 0.25) is 5.91 Å². The average Bonchev–Trinajstić information content (AvgIpc) is 3.24. The van der Waals surface area contributed by atoms with Crippen molar-refractivity contribution in [2.75, 3.05) is 18.2 Å². The molecule has 34 heavy (non-hydrogen) atoms. The number of aromatic nitrogens is 3. The minimum atomic E-state index is -0.382. The first kappa shape index (κ1) is 25.6.